The molecule has 84 valence electrons. The van der Waals surface area contributed by atoms with E-state index in [2.05, 4.69) is 15.5 Å². The van der Waals surface area contributed by atoms with Crippen LogP contribution >= 0.6 is 0 Å². The summed E-state index contributed by atoms with van der Waals surface area (Å²) in [7, 11) is 0. The molecule has 0 radical (unpaired) electrons. The molecule has 0 unspecified atom stereocenters. The van der Waals surface area contributed by atoms with Crippen molar-refractivity contribution in [3.8, 4) is 0 Å². The van der Waals surface area contributed by atoms with Crippen molar-refractivity contribution >= 4 is 11.4 Å². The van der Waals surface area contributed by atoms with Crippen LogP contribution in [0.15, 0.2) is 24.4 Å². The van der Waals surface area contributed by atoms with Crippen LogP contribution in [0.2, 0.25) is 0 Å². The maximum atomic E-state index is 5.84. The van der Waals surface area contributed by atoms with Gasteiger partial charge in [0.25, 0.3) is 0 Å². The third-order valence-corrected chi connectivity index (χ3v) is 2.78. The summed E-state index contributed by atoms with van der Waals surface area (Å²) in [4.78, 5) is 0. The van der Waals surface area contributed by atoms with Gasteiger partial charge in [0.15, 0.2) is 0 Å². The molecule has 16 heavy (non-hydrogen) atoms. The fourth-order valence-corrected chi connectivity index (χ4v) is 1.59. The topological polar surface area (TPSA) is 66.7 Å². The van der Waals surface area contributed by atoms with Crippen LogP contribution < -0.4 is 11.1 Å². The number of nitrogens with one attached hydrogen (secondary N) is 2. The van der Waals surface area contributed by atoms with E-state index >= 15 is 0 Å². The summed E-state index contributed by atoms with van der Waals surface area (Å²) in [5, 5.41) is 10.3. The Balaban J connectivity index is 2.11. The van der Waals surface area contributed by atoms with Gasteiger partial charge in [-0.2, -0.15) is 5.10 Å². The number of anilines is 2. The van der Waals surface area contributed by atoms with Crippen molar-refractivity contribution in [2.45, 2.75) is 20.4 Å². The number of aromatic amines is 1. The maximum absolute atomic E-state index is 5.84. The lowest BCUT2D eigenvalue weighted by Gasteiger charge is -2.10. The Morgan fingerprint density at radius 2 is 2.19 bits per heavy atom. The average molecular weight is 216 g/mol. The lowest BCUT2D eigenvalue weighted by atomic mass is 10.1. The molecule has 0 saturated heterocycles. The van der Waals surface area contributed by atoms with E-state index in [1.165, 1.54) is 5.56 Å². The Labute approximate surface area is 94.9 Å². The quantitative estimate of drug-likeness (QED) is 0.689. The zero-order valence-electron chi connectivity index (χ0n) is 9.54. The number of nitrogens with two attached hydrogens (primary N) is 1. The molecule has 4 nitrogen and oxygen atoms in total. The molecule has 2 rings (SSSR count). The number of nitrogen functional groups attached to an aromatic ring is 1. The van der Waals surface area contributed by atoms with Gasteiger partial charge in [0, 0.05) is 29.2 Å². The minimum atomic E-state index is 0.757. The number of hydrogen-bond donors (Lipinski definition) is 3. The summed E-state index contributed by atoms with van der Waals surface area (Å²) in [6.45, 7) is 4.78. The van der Waals surface area contributed by atoms with E-state index in [9.17, 15) is 0 Å². The summed E-state index contributed by atoms with van der Waals surface area (Å²) in [6.07, 6.45) is 1.84. The van der Waals surface area contributed by atoms with Gasteiger partial charge in [0.1, 0.15) is 0 Å². The van der Waals surface area contributed by atoms with Crippen molar-refractivity contribution in [2.24, 2.45) is 0 Å². The molecule has 0 aliphatic carbocycles. The highest BCUT2D eigenvalue weighted by Gasteiger charge is 2.03. The highest BCUT2D eigenvalue weighted by Crippen LogP contribution is 2.21. The van der Waals surface area contributed by atoms with Gasteiger partial charge < -0.3 is 11.1 Å². The molecule has 4 heteroatoms. The van der Waals surface area contributed by atoms with Gasteiger partial charge in [-0.25, -0.2) is 0 Å². The van der Waals surface area contributed by atoms with Crippen LogP contribution in [0, 0.1) is 13.8 Å². The number of benzene rings is 1. The first-order valence-electron chi connectivity index (χ1n) is 5.26. The number of nitrogens with zero attached hydrogens (tertiary/aromatic N) is 1. The molecule has 0 bridgehead atoms. The van der Waals surface area contributed by atoms with Gasteiger partial charge in [0.05, 0.1) is 6.20 Å². The maximum Gasteiger partial charge on any atom is 0.0539 e. The Kier molecular flexibility index (Phi) is 2.81. The van der Waals surface area contributed by atoms with E-state index in [0.29, 0.717) is 0 Å². The molecule has 4 N–H and O–H groups in total. The number of rotatable bonds is 3. The first-order chi connectivity index (χ1) is 7.68. The number of hydrogen-bond acceptors (Lipinski definition) is 3. The Morgan fingerprint density at radius 3 is 2.88 bits per heavy atom. The van der Waals surface area contributed by atoms with Crippen molar-refractivity contribution in [2.75, 3.05) is 11.1 Å². The van der Waals surface area contributed by atoms with Gasteiger partial charge in [-0.05, 0) is 31.5 Å². The van der Waals surface area contributed by atoms with E-state index < -0.39 is 0 Å². The van der Waals surface area contributed by atoms with Crippen molar-refractivity contribution in [3.63, 3.8) is 0 Å². The molecule has 0 saturated carbocycles. The largest absolute Gasteiger partial charge is 0.398 e. The molecule has 1 heterocycles. The van der Waals surface area contributed by atoms with Gasteiger partial charge in [-0.15, -0.1) is 0 Å². The summed E-state index contributed by atoms with van der Waals surface area (Å²) in [5.41, 5.74) is 11.1. The Bertz CT molecular complexity index is 488. The van der Waals surface area contributed by atoms with Crippen molar-refractivity contribution in [3.05, 3.63) is 41.2 Å². The first-order valence-corrected chi connectivity index (χ1v) is 5.26. The van der Waals surface area contributed by atoms with Crippen molar-refractivity contribution in [1.29, 1.82) is 0 Å². The first kappa shape index (κ1) is 10.5. The predicted octanol–water partition coefficient (Wildman–Crippen LogP) is 2.22. The van der Waals surface area contributed by atoms with E-state index in [4.69, 9.17) is 5.73 Å². The number of H-pyrrole nitrogens is 1. The van der Waals surface area contributed by atoms with Gasteiger partial charge in [-0.1, -0.05) is 6.07 Å². The third-order valence-electron chi connectivity index (χ3n) is 2.78. The van der Waals surface area contributed by atoms with Crippen LogP contribution in [0.1, 0.15) is 16.8 Å². The molecule has 0 atom stereocenters. The molecular weight excluding hydrogens is 200 g/mol. The molecule has 0 aliphatic heterocycles. The van der Waals surface area contributed by atoms with Crippen LogP contribution in [0.4, 0.5) is 11.4 Å². The highest BCUT2D eigenvalue weighted by molar-refractivity contribution is 5.62. The van der Waals surface area contributed by atoms with Crippen molar-refractivity contribution < 1.29 is 0 Å². The summed E-state index contributed by atoms with van der Waals surface area (Å²) < 4.78 is 0. The van der Waals surface area contributed by atoms with Gasteiger partial charge in [-0.3, -0.25) is 5.10 Å². The smallest absolute Gasteiger partial charge is 0.0539 e. The Morgan fingerprint density at radius 1 is 1.38 bits per heavy atom. The third kappa shape index (κ3) is 2.00. The second-order valence-electron chi connectivity index (χ2n) is 3.89. The zero-order chi connectivity index (χ0) is 11.5. The van der Waals surface area contributed by atoms with Gasteiger partial charge in [0.2, 0.25) is 0 Å². The lowest BCUT2D eigenvalue weighted by Crippen LogP contribution is -2.02. The van der Waals surface area contributed by atoms with E-state index in [1.807, 2.05) is 38.2 Å². The second kappa shape index (κ2) is 4.26. The van der Waals surface area contributed by atoms with E-state index in [-0.39, 0.29) is 0 Å². The molecule has 0 spiro atoms. The van der Waals surface area contributed by atoms with Crippen LogP contribution in [0.5, 0.6) is 0 Å². The molecule has 0 aliphatic rings. The average Bonchev–Trinajstić information content (AvgIpc) is 2.67. The molecular formula is C12H16N4. The minimum Gasteiger partial charge on any atom is -0.398 e. The standard InChI is InChI=1S/C12H16N4/c1-8-11(13)4-3-5-12(8)14-6-10-7-15-16-9(10)2/h3-5,7,14H,6,13H2,1-2H3,(H,15,16). The fourth-order valence-electron chi connectivity index (χ4n) is 1.59. The summed E-state index contributed by atoms with van der Waals surface area (Å²) in [5.74, 6) is 0. The minimum absolute atomic E-state index is 0.757. The van der Waals surface area contributed by atoms with E-state index in [0.717, 1.165) is 29.2 Å². The SMILES string of the molecule is Cc1[nH]ncc1CNc1cccc(N)c1C. The van der Waals surface area contributed by atoms with Crippen molar-refractivity contribution in [1.82, 2.24) is 10.2 Å². The summed E-state index contributed by atoms with van der Waals surface area (Å²) in [6, 6.07) is 5.89. The molecule has 0 fully saturated rings. The number of aryl methyl sites for hydroxylation is 1. The molecule has 1 aromatic heterocycles. The van der Waals surface area contributed by atoms with Crippen LogP contribution in [0.3, 0.4) is 0 Å². The zero-order valence-corrected chi connectivity index (χ0v) is 9.54. The van der Waals surface area contributed by atoms with E-state index in [1.54, 1.807) is 0 Å². The van der Waals surface area contributed by atoms with Gasteiger partial charge >= 0.3 is 0 Å². The molecule has 1 aromatic carbocycles. The second-order valence-corrected chi connectivity index (χ2v) is 3.89. The molecule has 0 amide bonds. The molecule has 2 aromatic rings. The monoisotopic (exact) mass is 216 g/mol. The fraction of sp³-hybridized carbons (Fsp3) is 0.250. The number of aromatic nitrogens is 2. The Hall–Kier alpha value is -1.97. The summed E-state index contributed by atoms with van der Waals surface area (Å²) >= 11 is 0. The predicted molar refractivity (Wildman–Crippen MR) is 66.2 cm³/mol. The van der Waals surface area contributed by atoms with Crippen LogP contribution in [-0.2, 0) is 6.54 Å². The van der Waals surface area contributed by atoms with Crippen LogP contribution in [0.25, 0.3) is 0 Å². The lowest BCUT2D eigenvalue weighted by molar-refractivity contribution is 1.04. The normalized spacial score (nSPS) is 10.4. The van der Waals surface area contributed by atoms with Crippen LogP contribution in [-0.4, -0.2) is 10.2 Å². The highest BCUT2D eigenvalue weighted by atomic mass is 15.1.